The second-order valence-corrected chi connectivity index (χ2v) is 6.50. The Labute approximate surface area is 137 Å². The first-order chi connectivity index (χ1) is 11.1. The molecule has 1 aliphatic carbocycles. The molecule has 0 bridgehead atoms. The van der Waals surface area contributed by atoms with E-state index in [0.717, 1.165) is 24.3 Å². The van der Waals surface area contributed by atoms with Crippen LogP contribution in [0, 0.1) is 6.92 Å². The summed E-state index contributed by atoms with van der Waals surface area (Å²) in [7, 11) is 0. The summed E-state index contributed by atoms with van der Waals surface area (Å²) in [6.07, 6.45) is 4.34. The van der Waals surface area contributed by atoms with Gasteiger partial charge in [0.15, 0.2) is 0 Å². The second kappa shape index (κ2) is 6.61. The van der Waals surface area contributed by atoms with Gasteiger partial charge in [0.25, 0.3) is 16.6 Å². The minimum Gasteiger partial charge on any atom is -0.464 e. The topological polar surface area (TPSA) is 95.3 Å². The van der Waals surface area contributed by atoms with Crippen LogP contribution >= 0.6 is 11.3 Å². The zero-order valence-electron chi connectivity index (χ0n) is 13.1. The molecule has 8 nitrogen and oxygen atoms in total. The Bertz CT molecular complexity index is 649. The Kier molecular flexibility index (Phi) is 4.56. The molecule has 1 aliphatic heterocycles. The van der Waals surface area contributed by atoms with Crippen LogP contribution < -0.4 is 0 Å². The van der Waals surface area contributed by atoms with Crippen molar-refractivity contribution >= 4 is 22.4 Å². The van der Waals surface area contributed by atoms with Crippen LogP contribution in [0.4, 0.5) is 5.13 Å². The molecule has 0 radical (unpaired) electrons. The van der Waals surface area contributed by atoms with Gasteiger partial charge in [-0.25, -0.2) is 4.79 Å². The van der Waals surface area contributed by atoms with Crippen LogP contribution in [0.25, 0.3) is 0 Å². The van der Waals surface area contributed by atoms with E-state index < -0.39 is 11.8 Å². The third-order valence-corrected chi connectivity index (χ3v) is 4.31. The molecule has 9 heteroatoms. The van der Waals surface area contributed by atoms with Crippen LogP contribution in [0.1, 0.15) is 44.0 Å². The Hall–Kier alpha value is -2.03. The van der Waals surface area contributed by atoms with Crippen molar-refractivity contribution in [3.8, 4) is 0 Å². The Morgan fingerprint density at radius 1 is 1.22 bits per heavy atom. The summed E-state index contributed by atoms with van der Waals surface area (Å²) in [6, 6.07) is 0. The highest BCUT2D eigenvalue weighted by atomic mass is 32.1. The maximum Gasteiger partial charge on any atom is 0.369 e. The number of hydrogen-bond donors (Lipinski definition) is 0. The van der Waals surface area contributed by atoms with Crippen molar-refractivity contribution in [3.63, 3.8) is 0 Å². The van der Waals surface area contributed by atoms with E-state index in [2.05, 4.69) is 20.4 Å². The molecule has 0 N–H and O–H groups in total. The largest absolute Gasteiger partial charge is 0.464 e. The predicted molar refractivity (Wildman–Crippen MR) is 80.8 cm³/mol. The molecule has 0 aromatic carbocycles. The fourth-order valence-corrected chi connectivity index (χ4v) is 3.07. The molecule has 1 spiro atoms. The number of carbonyl (C=O) groups excluding carboxylic acids is 1. The molecule has 0 amide bonds. The highest BCUT2D eigenvalue weighted by molar-refractivity contribution is 7.14. The van der Waals surface area contributed by atoms with E-state index in [-0.39, 0.29) is 11.6 Å². The zero-order chi connectivity index (χ0) is 16.3. The van der Waals surface area contributed by atoms with Gasteiger partial charge in [0.05, 0.1) is 6.61 Å². The summed E-state index contributed by atoms with van der Waals surface area (Å²) < 4.78 is 16.8. The van der Waals surface area contributed by atoms with Gasteiger partial charge in [0.1, 0.15) is 5.01 Å². The van der Waals surface area contributed by atoms with Gasteiger partial charge >= 0.3 is 11.9 Å². The number of ether oxygens (including phenoxy) is 3. The number of rotatable bonds is 4. The molecule has 0 saturated heterocycles. The molecule has 1 aromatic heterocycles. The van der Waals surface area contributed by atoms with Gasteiger partial charge < -0.3 is 14.2 Å². The lowest BCUT2D eigenvalue weighted by Gasteiger charge is -2.39. The Morgan fingerprint density at radius 2 is 2.00 bits per heavy atom. The first-order valence-electron chi connectivity index (χ1n) is 7.63. The van der Waals surface area contributed by atoms with Gasteiger partial charge in [-0.15, -0.1) is 20.4 Å². The van der Waals surface area contributed by atoms with Gasteiger partial charge in [0, 0.05) is 12.8 Å². The predicted octanol–water partition coefficient (Wildman–Crippen LogP) is 3.37. The molecular weight excluding hydrogens is 320 g/mol. The van der Waals surface area contributed by atoms with Crippen LogP contribution in [-0.4, -0.2) is 28.6 Å². The minimum atomic E-state index is -0.918. The standard InChI is InChI=1S/C14H18N4O4S/c1-3-20-12-10(16-18-13-17-15-9(2)23-13)11(19)21-14(22-12)7-5-4-6-8-14/h3-8H2,1-2H3/b18-16+. The van der Waals surface area contributed by atoms with E-state index in [9.17, 15) is 4.79 Å². The summed E-state index contributed by atoms with van der Waals surface area (Å²) in [5.74, 6) is -1.42. The lowest BCUT2D eigenvalue weighted by atomic mass is 9.93. The monoisotopic (exact) mass is 338 g/mol. The molecule has 2 aliphatic rings. The normalized spacial score (nSPS) is 20.7. The van der Waals surface area contributed by atoms with Crippen LogP contribution in [0.3, 0.4) is 0 Å². The van der Waals surface area contributed by atoms with Gasteiger partial charge in [0.2, 0.25) is 0 Å². The smallest absolute Gasteiger partial charge is 0.369 e. The first-order valence-corrected chi connectivity index (χ1v) is 8.45. The molecule has 23 heavy (non-hydrogen) atoms. The number of esters is 1. The molecular formula is C14H18N4O4S. The summed E-state index contributed by atoms with van der Waals surface area (Å²) in [5.41, 5.74) is -0.0732. The fourth-order valence-electron chi connectivity index (χ4n) is 2.56. The lowest BCUT2D eigenvalue weighted by molar-refractivity contribution is -0.254. The van der Waals surface area contributed by atoms with E-state index >= 15 is 0 Å². The molecule has 1 saturated carbocycles. The zero-order valence-corrected chi connectivity index (χ0v) is 13.9. The van der Waals surface area contributed by atoms with E-state index in [0.29, 0.717) is 24.6 Å². The van der Waals surface area contributed by atoms with Gasteiger partial charge in [-0.2, -0.15) is 0 Å². The summed E-state index contributed by atoms with van der Waals surface area (Å²) in [5, 5.41) is 16.6. The van der Waals surface area contributed by atoms with Gasteiger partial charge in [-0.1, -0.05) is 17.8 Å². The number of carbonyl (C=O) groups is 1. The quantitative estimate of drug-likeness (QED) is 0.617. The van der Waals surface area contributed by atoms with Gasteiger partial charge in [-0.05, 0) is 26.7 Å². The maximum absolute atomic E-state index is 12.4. The molecule has 2 heterocycles. The number of aromatic nitrogens is 2. The third kappa shape index (κ3) is 3.49. The van der Waals surface area contributed by atoms with Crippen molar-refractivity contribution in [2.75, 3.05) is 6.61 Å². The molecule has 1 aromatic rings. The summed E-state index contributed by atoms with van der Waals surface area (Å²) in [4.78, 5) is 12.4. The van der Waals surface area contributed by atoms with E-state index in [1.165, 1.54) is 11.3 Å². The lowest BCUT2D eigenvalue weighted by Crippen LogP contribution is -2.44. The molecule has 124 valence electrons. The molecule has 3 rings (SSSR count). The van der Waals surface area contributed by atoms with Crippen molar-refractivity contribution in [2.45, 2.75) is 51.7 Å². The third-order valence-electron chi connectivity index (χ3n) is 3.59. The van der Waals surface area contributed by atoms with E-state index in [4.69, 9.17) is 14.2 Å². The second-order valence-electron chi connectivity index (χ2n) is 5.34. The number of aryl methyl sites for hydroxylation is 1. The maximum atomic E-state index is 12.4. The minimum absolute atomic E-state index is 0.0732. The number of hydrogen-bond acceptors (Lipinski definition) is 9. The van der Waals surface area contributed by atoms with Crippen LogP contribution in [-0.2, 0) is 19.0 Å². The Morgan fingerprint density at radius 3 is 2.65 bits per heavy atom. The average molecular weight is 338 g/mol. The van der Waals surface area contributed by atoms with E-state index in [1.807, 2.05) is 13.8 Å². The van der Waals surface area contributed by atoms with Crippen molar-refractivity contribution in [1.29, 1.82) is 0 Å². The van der Waals surface area contributed by atoms with Crippen molar-refractivity contribution in [1.82, 2.24) is 10.2 Å². The van der Waals surface area contributed by atoms with Crippen LogP contribution in [0.5, 0.6) is 0 Å². The van der Waals surface area contributed by atoms with Crippen molar-refractivity contribution in [2.24, 2.45) is 10.2 Å². The average Bonchev–Trinajstić information content (AvgIpc) is 2.93. The van der Waals surface area contributed by atoms with Crippen LogP contribution in [0.15, 0.2) is 21.9 Å². The number of azo groups is 1. The SMILES string of the molecule is CCOC1=C(/N=N/c2nnc(C)s2)C(=O)OC2(CCCCC2)O1. The van der Waals surface area contributed by atoms with Crippen LogP contribution in [0.2, 0.25) is 0 Å². The Balaban J connectivity index is 1.86. The molecule has 0 atom stereocenters. The molecule has 0 unspecified atom stereocenters. The summed E-state index contributed by atoms with van der Waals surface area (Å²) >= 11 is 1.27. The summed E-state index contributed by atoms with van der Waals surface area (Å²) in [6.45, 7) is 3.98. The van der Waals surface area contributed by atoms with Crippen molar-refractivity contribution in [3.05, 3.63) is 16.6 Å². The fraction of sp³-hybridized carbons (Fsp3) is 0.643. The highest BCUT2D eigenvalue weighted by Gasteiger charge is 2.45. The van der Waals surface area contributed by atoms with Gasteiger partial charge in [-0.3, -0.25) is 0 Å². The van der Waals surface area contributed by atoms with E-state index in [1.54, 1.807) is 0 Å². The first kappa shape index (κ1) is 15.9. The number of nitrogens with zero attached hydrogens (tertiary/aromatic N) is 4. The highest BCUT2D eigenvalue weighted by Crippen LogP contribution is 2.39. The van der Waals surface area contributed by atoms with Crippen molar-refractivity contribution < 1.29 is 19.0 Å². The molecule has 1 fully saturated rings.